The van der Waals surface area contributed by atoms with Crippen LogP contribution in [0.3, 0.4) is 0 Å². The molecule has 22 heavy (non-hydrogen) atoms. The van der Waals surface area contributed by atoms with Crippen molar-refractivity contribution in [3.05, 3.63) is 35.4 Å². The number of carboxylic acid groups (broad SMARTS) is 1. The van der Waals surface area contributed by atoms with Crippen molar-refractivity contribution in [3.8, 4) is 0 Å². The molecule has 0 saturated heterocycles. The zero-order chi connectivity index (χ0) is 15.9. The van der Waals surface area contributed by atoms with Gasteiger partial charge in [-0.1, -0.05) is 24.3 Å². The Kier molecular flexibility index (Phi) is 6.12. The van der Waals surface area contributed by atoms with E-state index in [0.717, 1.165) is 24.8 Å². The molecule has 0 fully saturated rings. The van der Waals surface area contributed by atoms with E-state index in [4.69, 9.17) is 0 Å². The number of thioether (sulfide) groups is 1. The Morgan fingerprint density at radius 2 is 2.18 bits per heavy atom. The molecule has 1 aromatic rings. The summed E-state index contributed by atoms with van der Waals surface area (Å²) in [5.74, 6) is -0.584. The van der Waals surface area contributed by atoms with Gasteiger partial charge >= 0.3 is 6.03 Å². The molecule has 0 aliphatic heterocycles. The summed E-state index contributed by atoms with van der Waals surface area (Å²) < 4.78 is 0. The minimum Gasteiger partial charge on any atom is -0.548 e. The predicted molar refractivity (Wildman–Crippen MR) is 85.6 cm³/mol. The zero-order valence-corrected chi connectivity index (χ0v) is 13.4. The maximum atomic E-state index is 12.1. The first-order valence-corrected chi connectivity index (χ1v) is 8.86. The zero-order valence-electron chi connectivity index (χ0n) is 12.6. The fourth-order valence-corrected chi connectivity index (χ4v) is 3.22. The number of carbonyl (C=O) groups is 2. The van der Waals surface area contributed by atoms with Crippen molar-refractivity contribution >= 4 is 23.8 Å². The highest BCUT2D eigenvalue weighted by Gasteiger charge is 2.22. The van der Waals surface area contributed by atoms with E-state index in [0.29, 0.717) is 12.2 Å². The van der Waals surface area contributed by atoms with E-state index in [1.54, 1.807) is 0 Å². The van der Waals surface area contributed by atoms with Gasteiger partial charge in [0.25, 0.3) is 0 Å². The monoisotopic (exact) mass is 321 g/mol. The molecule has 0 radical (unpaired) electrons. The van der Waals surface area contributed by atoms with Gasteiger partial charge in [0.15, 0.2) is 0 Å². The fourth-order valence-electron chi connectivity index (χ4n) is 2.75. The number of rotatable bonds is 6. The van der Waals surface area contributed by atoms with Gasteiger partial charge in [0.1, 0.15) is 0 Å². The van der Waals surface area contributed by atoms with E-state index >= 15 is 0 Å². The molecule has 2 atom stereocenters. The molecule has 6 heteroatoms. The Bertz CT molecular complexity index is 536. The lowest BCUT2D eigenvalue weighted by Crippen LogP contribution is -2.51. The second kappa shape index (κ2) is 8.08. The van der Waals surface area contributed by atoms with Crippen LogP contribution in [-0.2, 0) is 11.2 Å². The van der Waals surface area contributed by atoms with Crippen LogP contribution in [-0.4, -0.2) is 30.1 Å². The van der Waals surface area contributed by atoms with E-state index in [1.807, 2.05) is 24.5 Å². The minimum atomic E-state index is -1.24. The van der Waals surface area contributed by atoms with Gasteiger partial charge in [0.05, 0.1) is 18.1 Å². The molecule has 0 spiro atoms. The molecule has 1 aliphatic rings. The summed E-state index contributed by atoms with van der Waals surface area (Å²) in [4.78, 5) is 23.1. The quantitative estimate of drug-likeness (QED) is 0.826. The van der Waals surface area contributed by atoms with Crippen molar-refractivity contribution in [1.82, 2.24) is 10.6 Å². The summed E-state index contributed by atoms with van der Waals surface area (Å²) in [6.07, 6.45) is 5.15. The third kappa shape index (κ3) is 4.40. The molecule has 1 aliphatic carbocycles. The molecule has 120 valence electrons. The average molecular weight is 321 g/mol. The lowest BCUT2D eigenvalue weighted by molar-refractivity contribution is -0.308. The smallest absolute Gasteiger partial charge is 0.315 e. The molecule has 0 bridgehead atoms. The van der Waals surface area contributed by atoms with Crippen molar-refractivity contribution in [3.63, 3.8) is 0 Å². The van der Waals surface area contributed by atoms with Crippen molar-refractivity contribution in [2.75, 3.05) is 12.0 Å². The Morgan fingerprint density at radius 1 is 1.41 bits per heavy atom. The van der Waals surface area contributed by atoms with Crippen LogP contribution in [0.1, 0.15) is 36.4 Å². The van der Waals surface area contributed by atoms with Crippen LogP contribution in [0.5, 0.6) is 0 Å². The van der Waals surface area contributed by atoms with Crippen LogP contribution in [0, 0.1) is 0 Å². The molecule has 5 nitrogen and oxygen atoms in total. The summed E-state index contributed by atoms with van der Waals surface area (Å²) >= 11 is 1.54. The van der Waals surface area contributed by atoms with E-state index in [1.165, 1.54) is 17.3 Å². The van der Waals surface area contributed by atoms with Crippen molar-refractivity contribution < 1.29 is 14.7 Å². The topological polar surface area (TPSA) is 81.3 Å². The lowest BCUT2D eigenvalue weighted by Gasteiger charge is -2.28. The highest BCUT2D eigenvalue weighted by atomic mass is 32.2. The van der Waals surface area contributed by atoms with E-state index < -0.39 is 18.0 Å². The van der Waals surface area contributed by atoms with Crippen molar-refractivity contribution in [2.24, 2.45) is 0 Å². The number of aliphatic carboxylic acids is 1. The van der Waals surface area contributed by atoms with E-state index in [9.17, 15) is 14.7 Å². The number of aryl methyl sites for hydroxylation is 1. The van der Waals surface area contributed by atoms with Gasteiger partial charge in [-0.3, -0.25) is 0 Å². The summed E-state index contributed by atoms with van der Waals surface area (Å²) in [6.45, 7) is 0. The second-order valence-electron chi connectivity index (χ2n) is 5.41. The molecule has 0 heterocycles. The molecule has 2 rings (SSSR count). The van der Waals surface area contributed by atoms with Gasteiger partial charge in [0.2, 0.25) is 0 Å². The molecule has 0 saturated carbocycles. The van der Waals surface area contributed by atoms with Gasteiger partial charge in [-0.15, -0.1) is 0 Å². The van der Waals surface area contributed by atoms with Crippen LogP contribution in [0.25, 0.3) is 0 Å². The first-order valence-electron chi connectivity index (χ1n) is 7.46. The number of hydrogen-bond acceptors (Lipinski definition) is 4. The molecular formula is C16H21N2O3S-. The SMILES string of the molecule is CSCC[C@H](NC(=O)N[C@@H]1CCCc2ccccc21)C(=O)[O-]. The normalized spacial score (nSPS) is 18.1. The predicted octanol–water partition coefficient (Wildman–Crippen LogP) is 1.23. The number of amides is 2. The number of hydrogen-bond donors (Lipinski definition) is 2. The van der Waals surface area contributed by atoms with Crippen LogP contribution in [0.4, 0.5) is 4.79 Å². The Hall–Kier alpha value is -1.69. The van der Waals surface area contributed by atoms with E-state index in [-0.39, 0.29) is 6.04 Å². The summed E-state index contributed by atoms with van der Waals surface area (Å²) in [5, 5.41) is 16.5. The van der Waals surface area contributed by atoms with Gasteiger partial charge < -0.3 is 20.5 Å². The second-order valence-corrected chi connectivity index (χ2v) is 6.40. The molecule has 0 aromatic heterocycles. The number of benzene rings is 1. The molecule has 1 aromatic carbocycles. The highest BCUT2D eigenvalue weighted by molar-refractivity contribution is 7.98. The third-order valence-electron chi connectivity index (χ3n) is 3.88. The van der Waals surface area contributed by atoms with Crippen LogP contribution in [0.15, 0.2) is 24.3 Å². The summed E-state index contributed by atoms with van der Waals surface area (Å²) in [7, 11) is 0. The Labute approximate surface area is 134 Å². The molecule has 2 N–H and O–H groups in total. The standard InChI is InChI=1S/C16H22N2O3S/c1-22-10-9-14(15(19)20)18-16(21)17-13-8-4-6-11-5-2-3-7-12(11)13/h2-3,5,7,13-14H,4,6,8-10H2,1H3,(H,19,20)(H2,17,18,21)/p-1/t13-,14+/m1/s1. The van der Waals surface area contributed by atoms with Crippen LogP contribution >= 0.6 is 11.8 Å². The highest BCUT2D eigenvalue weighted by Crippen LogP contribution is 2.29. The average Bonchev–Trinajstić information content (AvgIpc) is 2.51. The van der Waals surface area contributed by atoms with Gasteiger partial charge in [-0.05, 0) is 48.8 Å². The summed E-state index contributed by atoms with van der Waals surface area (Å²) in [6, 6.07) is 6.58. The Morgan fingerprint density at radius 3 is 2.91 bits per heavy atom. The van der Waals surface area contributed by atoms with Crippen LogP contribution in [0.2, 0.25) is 0 Å². The van der Waals surface area contributed by atoms with Crippen molar-refractivity contribution in [2.45, 2.75) is 37.8 Å². The largest absolute Gasteiger partial charge is 0.548 e. The Balaban J connectivity index is 1.96. The van der Waals surface area contributed by atoms with E-state index in [2.05, 4.69) is 16.7 Å². The number of nitrogens with one attached hydrogen (secondary N) is 2. The van der Waals surface area contributed by atoms with Gasteiger partial charge in [-0.25, -0.2) is 4.79 Å². The number of carboxylic acids is 1. The third-order valence-corrected chi connectivity index (χ3v) is 4.52. The van der Waals surface area contributed by atoms with Gasteiger partial charge in [-0.2, -0.15) is 11.8 Å². The lowest BCUT2D eigenvalue weighted by atomic mass is 9.88. The molecule has 0 unspecified atom stereocenters. The maximum Gasteiger partial charge on any atom is 0.315 e. The summed E-state index contributed by atoms with van der Waals surface area (Å²) in [5.41, 5.74) is 2.37. The number of urea groups is 1. The molecular weight excluding hydrogens is 300 g/mol. The molecule has 2 amide bonds. The van der Waals surface area contributed by atoms with Crippen molar-refractivity contribution in [1.29, 1.82) is 0 Å². The maximum absolute atomic E-state index is 12.1. The number of fused-ring (bicyclic) bond motifs is 1. The van der Waals surface area contributed by atoms with Crippen LogP contribution < -0.4 is 15.7 Å². The first kappa shape index (κ1) is 16.7. The minimum absolute atomic E-state index is 0.0621. The van der Waals surface area contributed by atoms with Gasteiger partial charge in [0, 0.05) is 0 Å². The number of carbonyl (C=O) groups excluding carboxylic acids is 2. The fraction of sp³-hybridized carbons (Fsp3) is 0.500. The first-order chi connectivity index (χ1) is 10.6.